The van der Waals surface area contributed by atoms with Crippen molar-refractivity contribution >= 4 is 5.91 Å². The number of aryl methyl sites for hydroxylation is 1. The van der Waals surface area contributed by atoms with Crippen LogP contribution in [0.5, 0.6) is 0 Å². The van der Waals surface area contributed by atoms with Gasteiger partial charge in [-0.2, -0.15) is 0 Å². The topological polar surface area (TPSA) is 55.1 Å². The summed E-state index contributed by atoms with van der Waals surface area (Å²) in [5.74, 6) is -0.184. The summed E-state index contributed by atoms with van der Waals surface area (Å²) >= 11 is 0. The van der Waals surface area contributed by atoms with Gasteiger partial charge in [0.1, 0.15) is 6.26 Å². The van der Waals surface area contributed by atoms with E-state index < -0.39 is 0 Å². The first-order chi connectivity index (χ1) is 5.61. The van der Waals surface area contributed by atoms with Crippen molar-refractivity contribution in [2.24, 2.45) is 0 Å². The number of aromatic nitrogens is 1. The molecule has 0 aliphatic carbocycles. The molecule has 0 saturated heterocycles. The Bertz CT molecular complexity index is 278. The maximum absolute atomic E-state index is 11.3. The lowest BCUT2D eigenvalue weighted by Gasteiger charge is -2.05. The molecule has 1 N–H and O–H groups in total. The van der Waals surface area contributed by atoms with Gasteiger partial charge in [0.2, 0.25) is 0 Å². The van der Waals surface area contributed by atoms with E-state index in [4.69, 9.17) is 0 Å². The van der Waals surface area contributed by atoms with Gasteiger partial charge in [0, 0.05) is 11.6 Å². The minimum Gasteiger partial charge on any atom is -0.364 e. The van der Waals surface area contributed by atoms with Crippen LogP contribution in [0.25, 0.3) is 0 Å². The van der Waals surface area contributed by atoms with Crippen LogP contribution in [-0.4, -0.2) is 17.1 Å². The van der Waals surface area contributed by atoms with Crippen LogP contribution in [0.1, 0.15) is 29.9 Å². The zero-order chi connectivity index (χ0) is 9.14. The second kappa shape index (κ2) is 3.38. The molecule has 0 spiro atoms. The van der Waals surface area contributed by atoms with E-state index in [1.807, 2.05) is 13.8 Å². The third kappa shape index (κ3) is 1.84. The molecule has 4 heteroatoms. The van der Waals surface area contributed by atoms with Crippen molar-refractivity contribution in [1.29, 1.82) is 0 Å². The molecule has 0 bridgehead atoms. The number of carbonyl (C=O) groups is 1. The van der Waals surface area contributed by atoms with Crippen LogP contribution in [-0.2, 0) is 0 Å². The average molecular weight is 168 g/mol. The van der Waals surface area contributed by atoms with Crippen molar-refractivity contribution in [3.63, 3.8) is 0 Å². The molecule has 0 radical (unpaired) electrons. The van der Waals surface area contributed by atoms with Crippen molar-refractivity contribution in [3.8, 4) is 0 Å². The first-order valence-electron chi connectivity index (χ1n) is 3.83. The van der Waals surface area contributed by atoms with E-state index in [9.17, 15) is 4.79 Å². The standard InChI is InChI=1S/C8H12N2O2/c1-5(2)9-8(11)7-6(3)4-12-10-7/h4-5H,1-3H3,(H,9,11). The Balaban J connectivity index is 2.72. The fraction of sp³-hybridized carbons (Fsp3) is 0.500. The molecule has 4 nitrogen and oxygen atoms in total. The van der Waals surface area contributed by atoms with E-state index in [0.29, 0.717) is 5.69 Å². The third-order valence-corrected chi connectivity index (χ3v) is 1.38. The third-order valence-electron chi connectivity index (χ3n) is 1.38. The number of carbonyl (C=O) groups excluding carboxylic acids is 1. The van der Waals surface area contributed by atoms with Gasteiger partial charge in [0.25, 0.3) is 5.91 Å². The van der Waals surface area contributed by atoms with Gasteiger partial charge >= 0.3 is 0 Å². The lowest BCUT2D eigenvalue weighted by Crippen LogP contribution is -2.30. The summed E-state index contributed by atoms with van der Waals surface area (Å²) in [7, 11) is 0. The van der Waals surface area contributed by atoms with Gasteiger partial charge in [-0.05, 0) is 20.8 Å². The van der Waals surface area contributed by atoms with Gasteiger partial charge in [0.15, 0.2) is 5.69 Å². The fourth-order valence-electron chi connectivity index (χ4n) is 0.837. The molecular formula is C8H12N2O2. The van der Waals surface area contributed by atoms with Crippen molar-refractivity contribution in [3.05, 3.63) is 17.5 Å². The van der Waals surface area contributed by atoms with E-state index in [2.05, 4.69) is 15.0 Å². The Hall–Kier alpha value is -1.32. The fourth-order valence-corrected chi connectivity index (χ4v) is 0.837. The van der Waals surface area contributed by atoms with E-state index in [0.717, 1.165) is 5.56 Å². The largest absolute Gasteiger partial charge is 0.364 e. The predicted octanol–water partition coefficient (Wildman–Crippen LogP) is 1.12. The zero-order valence-electron chi connectivity index (χ0n) is 7.42. The summed E-state index contributed by atoms with van der Waals surface area (Å²) in [6.07, 6.45) is 1.45. The normalized spacial score (nSPS) is 10.3. The first kappa shape index (κ1) is 8.77. The van der Waals surface area contributed by atoms with Gasteiger partial charge in [0.05, 0.1) is 0 Å². The molecule has 0 fully saturated rings. The second-order valence-corrected chi connectivity index (χ2v) is 2.97. The minimum atomic E-state index is -0.184. The first-order valence-corrected chi connectivity index (χ1v) is 3.83. The highest BCUT2D eigenvalue weighted by atomic mass is 16.5. The number of nitrogens with one attached hydrogen (secondary N) is 1. The lowest BCUT2D eigenvalue weighted by atomic mass is 10.2. The highest BCUT2D eigenvalue weighted by Crippen LogP contribution is 2.03. The smallest absolute Gasteiger partial charge is 0.273 e. The van der Waals surface area contributed by atoms with Gasteiger partial charge in [-0.25, -0.2) is 0 Å². The van der Waals surface area contributed by atoms with Gasteiger partial charge in [-0.15, -0.1) is 0 Å². The zero-order valence-corrected chi connectivity index (χ0v) is 7.42. The number of hydrogen-bond donors (Lipinski definition) is 1. The molecule has 66 valence electrons. The number of rotatable bonds is 2. The molecule has 1 aromatic heterocycles. The van der Waals surface area contributed by atoms with Crippen molar-refractivity contribution in [2.75, 3.05) is 0 Å². The van der Waals surface area contributed by atoms with Crippen molar-refractivity contribution < 1.29 is 9.32 Å². The monoisotopic (exact) mass is 168 g/mol. The van der Waals surface area contributed by atoms with Gasteiger partial charge in [-0.1, -0.05) is 5.16 Å². The lowest BCUT2D eigenvalue weighted by molar-refractivity contribution is 0.0933. The van der Waals surface area contributed by atoms with Crippen LogP contribution in [0.2, 0.25) is 0 Å². The Morgan fingerprint density at radius 3 is 2.75 bits per heavy atom. The molecule has 0 aliphatic heterocycles. The summed E-state index contributed by atoms with van der Waals surface area (Å²) in [6, 6.07) is 0.119. The van der Waals surface area contributed by atoms with Crippen molar-refractivity contribution in [1.82, 2.24) is 10.5 Å². The van der Waals surface area contributed by atoms with Crippen LogP contribution < -0.4 is 5.32 Å². The molecule has 1 aromatic rings. The SMILES string of the molecule is Cc1conc1C(=O)NC(C)C. The molecule has 0 unspecified atom stereocenters. The molecule has 1 rings (SSSR count). The Kier molecular flexibility index (Phi) is 2.47. The number of hydrogen-bond acceptors (Lipinski definition) is 3. The average Bonchev–Trinajstić information content (AvgIpc) is 2.33. The summed E-state index contributed by atoms with van der Waals surface area (Å²) in [5, 5.41) is 6.31. The summed E-state index contributed by atoms with van der Waals surface area (Å²) in [5.41, 5.74) is 1.12. The highest BCUT2D eigenvalue weighted by molar-refractivity contribution is 5.93. The number of amides is 1. The Morgan fingerprint density at radius 2 is 2.33 bits per heavy atom. The molecule has 1 heterocycles. The van der Waals surface area contributed by atoms with Crippen molar-refractivity contribution in [2.45, 2.75) is 26.8 Å². The highest BCUT2D eigenvalue weighted by Gasteiger charge is 2.13. The quantitative estimate of drug-likeness (QED) is 0.720. The summed E-state index contributed by atoms with van der Waals surface area (Å²) < 4.78 is 4.64. The van der Waals surface area contributed by atoms with Crippen LogP contribution in [0.4, 0.5) is 0 Å². The molecule has 0 aliphatic rings. The predicted molar refractivity (Wildman–Crippen MR) is 43.8 cm³/mol. The molecule has 0 aromatic carbocycles. The molecule has 0 saturated carbocycles. The van der Waals surface area contributed by atoms with E-state index >= 15 is 0 Å². The van der Waals surface area contributed by atoms with Crippen LogP contribution in [0.15, 0.2) is 10.8 Å². The summed E-state index contributed by atoms with van der Waals surface area (Å²) in [4.78, 5) is 11.3. The number of nitrogens with zero attached hydrogens (tertiary/aromatic N) is 1. The maximum atomic E-state index is 11.3. The van der Waals surface area contributed by atoms with E-state index in [1.54, 1.807) is 6.92 Å². The van der Waals surface area contributed by atoms with E-state index in [1.165, 1.54) is 6.26 Å². The van der Waals surface area contributed by atoms with Crippen LogP contribution >= 0.6 is 0 Å². The van der Waals surface area contributed by atoms with Crippen LogP contribution in [0.3, 0.4) is 0 Å². The molecule has 1 amide bonds. The van der Waals surface area contributed by atoms with Gasteiger partial charge < -0.3 is 9.84 Å². The Morgan fingerprint density at radius 1 is 1.67 bits per heavy atom. The molecular weight excluding hydrogens is 156 g/mol. The second-order valence-electron chi connectivity index (χ2n) is 2.97. The Labute approximate surface area is 70.9 Å². The van der Waals surface area contributed by atoms with E-state index in [-0.39, 0.29) is 11.9 Å². The molecule has 12 heavy (non-hydrogen) atoms. The minimum absolute atomic E-state index is 0.119. The maximum Gasteiger partial charge on any atom is 0.273 e. The molecule has 0 atom stereocenters. The van der Waals surface area contributed by atoms with Gasteiger partial charge in [-0.3, -0.25) is 4.79 Å². The van der Waals surface area contributed by atoms with Crippen LogP contribution in [0, 0.1) is 6.92 Å². The summed E-state index contributed by atoms with van der Waals surface area (Å²) in [6.45, 7) is 5.58.